The van der Waals surface area contributed by atoms with Crippen molar-refractivity contribution >= 4 is 16.5 Å². The molecule has 0 unspecified atom stereocenters. The van der Waals surface area contributed by atoms with E-state index in [0.717, 1.165) is 31.6 Å². The molecule has 5 heteroatoms. The Labute approximate surface area is 123 Å². The molecular formula is C16H18N2O3. The van der Waals surface area contributed by atoms with Crippen LogP contribution < -0.4 is 4.74 Å². The van der Waals surface area contributed by atoms with Crippen LogP contribution in [-0.2, 0) is 0 Å². The van der Waals surface area contributed by atoms with Crippen molar-refractivity contribution in [3.8, 4) is 5.88 Å². The topological polar surface area (TPSA) is 65.3 Å². The van der Waals surface area contributed by atoms with Crippen LogP contribution in [0.1, 0.15) is 32.6 Å². The summed E-state index contributed by atoms with van der Waals surface area (Å²) in [4.78, 5) is 15.0. The molecule has 1 aromatic carbocycles. The van der Waals surface area contributed by atoms with Gasteiger partial charge in [-0.05, 0) is 43.7 Å². The van der Waals surface area contributed by atoms with Crippen molar-refractivity contribution in [2.45, 2.75) is 38.7 Å². The van der Waals surface area contributed by atoms with Crippen molar-refractivity contribution in [2.75, 3.05) is 0 Å². The molecule has 1 heterocycles. The Morgan fingerprint density at radius 2 is 1.95 bits per heavy atom. The quantitative estimate of drug-likeness (QED) is 0.629. The Balaban J connectivity index is 1.92. The summed E-state index contributed by atoms with van der Waals surface area (Å²) in [6, 6.07) is 6.69. The van der Waals surface area contributed by atoms with Gasteiger partial charge in [0.15, 0.2) is 0 Å². The Hall–Kier alpha value is -2.17. The van der Waals surface area contributed by atoms with Gasteiger partial charge in [0.1, 0.15) is 6.10 Å². The van der Waals surface area contributed by atoms with Crippen molar-refractivity contribution in [3.05, 3.63) is 40.6 Å². The molecule has 0 saturated heterocycles. The SMILES string of the molecule is CC1CCC(Oc2nccc3c([N+](=O)[O-])cccc23)CC1. The van der Waals surface area contributed by atoms with E-state index in [0.29, 0.717) is 16.7 Å². The first-order valence-corrected chi connectivity index (χ1v) is 7.34. The van der Waals surface area contributed by atoms with Gasteiger partial charge in [-0.3, -0.25) is 10.1 Å². The summed E-state index contributed by atoms with van der Waals surface area (Å²) in [6.07, 6.45) is 6.11. The van der Waals surface area contributed by atoms with Gasteiger partial charge in [-0.25, -0.2) is 4.98 Å². The number of hydrogen-bond acceptors (Lipinski definition) is 4. The first kappa shape index (κ1) is 13.8. The van der Waals surface area contributed by atoms with Crippen molar-refractivity contribution in [2.24, 2.45) is 5.92 Å². The molecule has 1 aromatic heterocycles. The molecule has 1 aliphatic carbocycles. The van der Waals surface area contributed by atoms with Gasteiger partial charge < -0.3 is 4.74 Å². The first-order valence-electron chi connectivity index (χ1n) is 7.34. The van der Waals surface area contributed by atoms with Gasteiger partial charge in [-0.15, -0.1) is 0 Å². The van der Waals surface area contributed by atoms with Crippen LogP contribution in [0.15, 0.2) is 30.5 Å². The number of nitrogens with zero attached hydrogens (tertiary/aromatic N) is 2. The standard InChI is InChI=1S/C16H18N2O3/c1-11-5-7-12(8-6-11)21-16-14-3-2-4-15(18(19)20)13(14)9-10-17-16/h2-4,9-12H,5-8H2,1H3. The molecule has 0 atom stereocenters. The smallest absolute Gasteiger partial charge is 0.277 e. The van der Waals surface area contributed by atoms with Crippen LogP contribution in [0.3, 0.4) is 0 Å². The summed E-state index contributed by atoms with van der Waals surface area (Å²) < 4.78 is 6.02. The molecule has 0 amide bonds. The summed E-state index contributed by atoms with van der Waals surface area (Å²) in [5, 5.41) is 12.4. The highest BCUT2D eigenvalue weighted by atomic mass is 16.6. The van der Waals surface area contributed by atoms with Gasteiger partial charge in [-0.2, -0.15) is 0 Å². The molecule has 21 heavy (non-hydrogen) atoms. The molecule has 0 N–H and O–H groups in total. The maximum atomic E-state index is 11.1. The summed E-state index contributed by atoms with van der Waals surface area (Å²) in [5.74, 6) is 1.27. The largest absolute Gasteiger partial charge is 0.474 e. The number of fused-ring (bicyclic) bond motifs is 1. The average Bonchev–Trinajstić information content (AvgIpc) is 2.49. The molecule has 1 saturated carbocycles. The zero-order valence-electron chi connectivity index (χ0n) is 12.0. The van der Waals surface area contributed by atoms with Gasteiger partial charge in [0.05, 0.1) is 15.7 Å². The first-order chi connectivity index (χ1) is 10.1. The highest BCUT2D eigenvalue weighted by Gasteiger charge is 2.21. The zero-order chi connectivity index (χ0) is 14.8. The van der Waals surface area contributed by atoms with Gasteiger partial charge in [0.2, 0.25) is 5.88 Å². The van der Waals surface area contributed by atoms with Crippen LogP contribution in [0.25, 0.3) is 10.8 Å². The van der Waals surface area contributed by atoms with Crippen molar-refractivity contribution in [3.63, 3.8) is 0 Å². The van der Waals surface area contributed by atoms with Gasteiger partial charge in [-0.1, -0.05) is 13.0 Å². The minimum absolute atomic E-state index is 0.0945. The second kappa shape index (κ2) is 5.68. The Kier molecular flexibility index (Phi) is 3.73. The molecule has 0 bridgehead atoms. The highest BCUT2D eigenvalue weighted by Crippen LogP contribution is 2.33. The van der Waals surface area contributed by atoms with E-state index < -0.39 is 0 Å². The number of non-ortho nitro benzene ring substituents is 1. The van der Waals surface area contributed by atoms with Crippen LogP contribution in [0.4, 0.5) is 5.69 Å². The minimum atomic E-state index is -0.367. The number of rotatable bonds is 3. The maximum Gasteiger partial charge on any atom is 0.277 e. The van der Waals surface area contributed by atoms with Crippen molar-refractivity contribution < 1.29 is 9.66 Å². The third-order valence-corrected chi connectivity index (χ3v) is 4.18. The molecular weight excluding hydrogens is 268 g/mol. The lowest BCUT2D eigenvalue weighted by Crippen LogP contribution is -2.23. The monoisotopic (exact) mass is 286 g/mol. The summed E-state index contributed by atoms with van der Waals surface area (Å²) >= 11 is 0. The summed E-state index contributed by atoms with van der Waals surface area (Å²) in [5.41, 5.74) is 0.0945. The van der Waals surface area contributed by atoms with E-state index in [1.54, 1.807) is 18.3 Å². The lowest BCUT2D eigenvalue weighted by molar-refractivity contribution is -0.383. The van der Waals surface area contributed by atoms with Crippen LogP contribution in [0.2, 0.25) is 0 Å². The lowest BCUT2D eigenvalue weighted by atomic mass is 9.89. The van der Waals surface area contributed by atoms with Crippen LogP contribution in [-0.4, -0.2) is 16.0 Å². The molecule has 0 radical (unpaired) electrons. The number of aromatic nitrogens is 1. The van der Waals surface area contributed by atoms with Gasteiger partial charge >= 0.3 is 0 Å². The number of pyridine rings is 1. The second-order valence-corrected chi connectivity index (χ2v) is 5.75. The Morgan fingerprint density at radius 3 is 2.67 bits per heavy atom. The Bertz CT molecular complexity index is 664. The molecule has 0 aliphatic heterocycles. The third kappa shape index (κ3) is 2.82. The molecule has 2 aromatic rings. The van der Waals surface area contributed by atoms with Gasteiger partial charge in [0, 0.05) is 12.3 Å². The Morgan fingerprint density at radius 1 is 1.19 bits per heavy atom. The van der Waals surface area contributed by atoms with E-state index in [1.165, 1.54) is 6.07 Å². The van der Waals surface area contributed by atoms with E-state index in [2.05, 4.69) is 11.9 Å². The number of benzene rings is 1. The fourth-order valence-electron chi connectivity index (χ4n) is 2.92. The summed E-state index contributed by atoms with van der Waals surface area (Å²) in [7, 11) is 0. The minimum Gasteiger partial charge on any atom is -0.474 e. The van der Waals surface area contributed by atoms with E-state index in [9.17, 15) is 10.1 Å². The molecule has 110 valence electrons. The van der Waals surface area contributed by atoms with E-state index in [4.69, 9.17) is 4.74 Å². The molecule has 3 rings (SSSR count). The van der Waals surface area contributed by atoms with Crippen LogP contribution in [0.5, 0.6) is 5.88 Å². The predicted molar refractivity (Wildman–Crippen MR) is 80.4 cm³/mol. The fourth-order valence-corrected chi connectivity index (χ4v) is 2.92. The van der Waals surface area contributed by atoms with Crippen molar-refractivity contribution in [1.82, 2.24) is 4.98 Å². The predicted octanol–water partition coefficient (Wildman–Crippen LogP) is 4.10. The molecule has 5 nitrogen and oxygen atoms in total. The average molecular weight is 286 g/mol. The second-order valence-electron chi connectivity index (χ2n) is 5.75. The third-order valence-electron chi connectivity index (χ3n) is 4.18. The van der Waals surface area contributed by atoms with E-state index in [1.807, 2.05) is 6.07 Å². The normalized spacial score (nSPS) is 22.1. The molecule has 0 spiro atoms. The lowest BCUT2D eigenvalue weighted by Gasteiger charge is -2.26. The van der Waals surface area contributed by atoms with Crippen molar-refractivity contribution in [1.29, 1.82) is 0 Å². The molecule has 1 fully saturated rings. The number of nitro groups is 1. The van der Waals surface area contributed by atoms with Crippen LogP contribution >= 0.6 is 0 Å². The number of ether oxygens (including phenoxy) is 1. The molecule has 1 aliphatic rings. The zero-order valence-corrected chi connectivity index (χ0v) is 12.0. The number of nitro benzene ring substituents is 1. The highest BCUT2D eigenvalue weighted by molar-refractivity contribution is 5.93. The fraction of sp³-hybridized carbons (Fsp3) is 0.438. The number of hydrogen-bond donors (Lipinski definition) is 0. The van der Waals surface area contributed by atoms with Gasteiger partial charge in [0.25, 0.3) is 5.69 Å². The maximum absolute atomic E-state index is 11.1. The van der Waals surface area contributed by atoms with E-state index >= 15 is 0 Å². The summed E-state index contributed by atoms with van der Waals surface area (Å²) in [6.45, 7) is 2.26. The van der Waals surface area contributed by atoms with E-state index in [-0.39, 0.29) is 16.7 Å². The van der Waals surface area contributed by atoms with Crippen LogP contribution in [0, 0.1) is 16.0 Å².